The predicted octanol–water partition coefficient (Wildman–Crippen LogP) is 2.45. The maximum Gasteiger partial charge on any atom is 0.306 e. The number of carboxylic acids is 1. The summed E-state index contributed by atoms with van der Waals surface area (Å²) in [4.78, 5) is 10.6. The number of carbonyl (C=O) groups is 1. The Bertz CT molecular complexity index is 204. The molecule has 0 heterocycles. The summed E-state index contributed by atoms with van der Waals surface area (Å²) < 4.78 is 0. The zero-order chi connectivity index (χ0) is 9.14. The summed E-state index contributed by atoms with van der Waals surface area (Å²) in [6.07, 6.45) is 4.61. The van der Waals surface area contributed by atoms with Gasteiger partial charge in [0.2, 0.25) is 0 Å². The molecule has 12 heavy (non-hydrogen) atoms. The molecular formula is C10H16O2. The Labute approximate surface area is 73.3 Å². The van der Waals surface area contributed by atoms with Gasteiger partial charge in [0.1, 0.15) is 0 Å². The molecule has 2 nitrogen and oxygen atoms in total. The van der Waals surface area contributed by atoms with E-state index in [2.05, 4.69) is 19.9 Å². The molecule has 0 aromatic heterocycles. The molecule has 2 heteroatoms. The van der Waals surface area contributed by atoms with Gasteiger partial charge in [0, 0.05) is 0 Å². The molecule has 68 valence electrons. The van der Waals surface area contributed by atoms with Gasteiger partial charge < -0.3 is 5.11 Å². The van der Waals surface area contributed by atoms with Crippen molar-refractivity contribution in [1.29, 1.82) is 0 Å². The first-order valence-electron chi connectivity index (χ1n) is 4.53. The first-order valence-corrected chi connectivity index (χ1v) is 4.53. The van der Waals surface area contributed by atoms with E-state index in [0.717, 1.165) is 19.3 Å². The van der Waals surface area contributed by atoms with Crippen LogP contribution in [0.1, 0.15) is 33.1 Å². The number of allylic oxidation sites excluding steroid dienone is 2. The van der Waals surface area contributed by atoms with Gasteiger partial charge in [-0.15, -0.1) is 0 Å². The number of hydrogen-bond donors (Lipinski definition) is 1. The number of carboxylic acid groups (broad SMARTS) is 1. The molecule has 0 aromatic rings. The summed E-state index contributed by atoms with van der Waals surface area (Å²) in [5, 5.41) is 8.73. The van der Waals surface area contributed by atoms with Crippen LogP contribution in [0.25, 0.3) is 0 Å². The van der Waals surface area contributed by atoms with Crippen molar-refractivity contribution >= 4 is 5.97 Å². The van der Waals surface area contributed by atoms with Gasteiger partial charge >= 0.3 is 5.97 Å². The third-order valence-corrected chi connectivity index (χ3v) is 2.54. The summed E-state index contributed by atoms with van der Waals surface area (Å²) in [6, 6.07) is 0. The molecule has 1 atom stereocenters. The predicted molar refractivity (Wildman–Crippen MR) is 47.9 cm³/mol. The van der Waals surface area contributed by atoms with E-state index in [1.54, 1.807) is 0 Å². The minimum absolute atomic E-state index is 0.132. The lowest BCUT2D eigenvalue weighted by Gasteiger charge is -2.20. The zero-order valence-electron chi connectivity index (χ0n) is 7.71. The van der Waals surface area contributed by atoms with Crippen LogP contribution in [-0.2, 0) is 4.79 Å². The lowest BCUT2D eigenvalue weighted by atomic mass is 9.85. The fraction of sp³-hybridized carbons (Fsp3) is 0.700. The molecule has 0 saturated heterocycles. The Morgan fingerprint density at radius 2 is 2.33 bits per heavy atom. The average molecular weight is 168 g/mol. The average Bonchev–Trinajstić information content (AvgIpc) is 2.04. The van der Waals surface area contributed by atoms with Crippen LogP contribution in [0, 0.1) is 11.8 Å². The molecule has 0 saturated carbocycles. The minimum Gasteiger partial charge on any atom is -0.481 e. The van der Waals surface area contributed by atoms with Gasteiger partial charge in [-0.2, -0.15) is 0 Å². The monoisotopic (exact) mass is 168 g/mol. The van der Waals surface area contributed by atoms with Crippen LogP contribution in [0.4, 0.5) is 0 Å². The lowest BCUT2D eigenvalue weighted by molar-refractivity contribution is -0.141. The number of hydrogen-bond acceptors (Lipinski definition) is 1. The van der Waals surface area contributed by atoms with E-state index in [0.29, 0.717) is 5.92 Å². The summed E-state index contributed by atoms with van der Waals surface area (Å²) in [5.41, 5.74) is 1.42. The van der Waals surface area contributed by atoms with Gasteiger partial charge in [0.05, 0.1) is 5.92 Å². The molecule has 0 fully saturated rings. The molecule has 1 aliphatic rings. The van der Waals surface area contributed by atoms with E-state index in [1.165, 1.54) is 5.57 Å². The standard InChI is InChI=1S/C10H16O2/c1-7(2)8-3-5-9(6-4-8)10(11)12/h3,7,9H,4-6H2,1-2H3,(H,11,12)/t9-/m0/s1. The smallest absolute Gasteiger partial charge is 0.306 e. The molecule has 0 radical (unpaired) electrons. The van der Waals surface area contributed by atoms with Gasteiger partial charge in [0.25, 0.3) is 0 Å². The van der Waals surface area contributed by atoms with E-state index in [1.807, 2.05) is 0 Å². The van der Waals surface area contributed by atoms with Gasteiger partial charge in [-0.05, 0) is 25.2 Å². The Morgan fingerprint density at radius 1 is 1.67 bits per heavy atom. The van der Waals surface area contributed by atoms with Gasteiger partial charge in [-0.1, -0.05) is 25.5 Å². The normalized spacial score (nSPS) is 23.9. The van der Waals surface area contributed by atoms with E-state index < -0.39 is 5.97 Å². The van der Waals surface area contributed by atoms with Crippen LogP contribution in [-0.4, -0.2) is 11.1 Å². The highest BCUT2D eigenvalue weighted by atomic mass is 16.4. The Balaban J connectivity index is 2.53. The number of aliphatic carboxylic acids is 1. The van der Waals surface area contributed by atoms with Crippen molar-refractivity contribution in [1.82, 2.24) is 0 Å². The van der Waals surface area contributed by atoms with Crippen molar-refractivity contribution in [3.8, 4) is 0 Å². The van der Waals surface area contributed by atoms with Crippen LogP contribution < -0.4 is 0 Å². The Hall–Kier alpha value is -0.790. The maximum absolute atomic E-state index is 10.6. The van der Waals surface area contributed by atoms with Crippen molar-refractivity contribution < 1.29 is 9.90 Å². The van der Waals surface area contributed by atoms with Crippen LogP contribution >= 0.6 is 0 Å². The lowest BCUT2D eigenvalue weighted by Crippen LogP contribution is -2.17. The highest BCUT2D eigenvalue weighted by molar-refractivity contribution is 5.70. The molecule has 1 N–H and O–H groups in total. The molecule has 0 bridgehead atoms. The zero-order valence-corrected chi connectivity index (χ0v) is 7.71. The van der Waals surface area contributed by atoms with E-state index >= 15 is 0 Å². The first kappa shape index (κ1) is 9.30. The Kier molecular flexibility index (Phi) is 2.90. The molecule has 0 aromatic carbocycles. The summed E-state index contributed by atoms with van der Waals surface area (Å²) in [5.74, 6) is -0.193. The van der Waals surface area contributed by atoms with E-state index in [9.17, 15) is 4.79 Å². The quantitative estimate of drug-likeness (QED) is 0.643. The molecule has 0 amide bonds. The third-order valence-electron chi connectivity index (χ3n) is 2.54. The van der Waals surface area contributed by atoms with Gasteiger partial charge in [0.15, 0.2) is 0 Å². The molecule has 0 spiro atoms. The van der Waals surface area contributed by atoms with Crippen LogP contribution in [0.5, 0.6) is 0 Å². The topological polar surface area (TPSA) is 37.3 Å². The molecule has 0 unspecified atom stereocenters. The second-order valence-electron chi connectivity index (χ2n) is 3.74. The second-order valence-corrected chi connectivity index (χ2v) is 3.74. The summed E-state index contributed by atoms with van der Waals surface area (Å²) in [6.45, 7) is 4.32. The highest BCUT2D eigenvalue weighted by Crippen LogP contribution is 2.27. The Morgan fingerprint density at radius 3 is 2.67 bits per heavy atom. The van der Waals surface area contributed by atoms with Crippen molar-refractivity contribution in [2.45, 2.75) is 33.1 Å². The molecule has 1 rings (SSSR count). The fourth-order valence-electron chi connectivity index (χ4n) is 1.60. The fourth-order valence-corrected chi connectivity index (χ4v) is 1.60. The number of rotatable bonds is 2. The van der Waals surface area contributed by atoms with Crippen molar-refractivity contribution in [2.75, 3.05) is 0 Å². The third kappa shape index (κ3) is 2.10. The van der Waals surface area contributed by atoms with Crippen molar-refractivity contribution in [3.05, 3.63) is 11.6 Å². The minimum atomic E-state index is -0.644. The largest absolute Gasteiger partial charge is 0.481 e. The molecule has 0 aliphatic heterocycles. The van der Waals surface area contributed by atoms with Crippen LogP contribution in [0.3, 0.4) is 0 Å². The van der Waals surface area contributed by atoms with Crippen LogP contribution in [0.15, 0.2) is 11.6 Å². The second kappa shape index (κ2) is 3.74. The highest BCUT2D eigenvalue weighted by Gasteiger charge is 2.21. The van der Waals surface area contributed by atoms with Crippen LogP contribution in [0.2, 0.25) is 0 Å². The van der Waals surface area contributed by atoms with Gasteiger partial charge in [-0.3, -0.25) is 4.79 Å². The molecule has 1 aliphatic carbocycles. The maximum atomic E-state index is 10.6. The van der Waals surface area contributed by atoms with Crippen molar-refractivity contribution in [3.63, 3.8) is 0 Å². The molecular weight excluding hydrogens is 152 g/mol. The van der Waals surface area contributed by atoms with Crippen molar-refractivity contribution in [2.24, 2.45) is 11.8 Å². The van der Waals surface area contributed by atoms with E-state index in [4.69, 9.17) is 5.11 Å². The summed E-state index contributed by atoms with van der Waals surface area (Å²) in [7, 11) is 0. The van der Waals surface area contributed by atoms with E-state index in [-0.39, 0.29) is 5.92 Å². The SMILES string of the molecule is CC(C)C1=CC[C@H](C(=O)O)CC1. The first-order chi connectivity index (χ1) is 5.61. The van der Waals surface area contributed by atoms with Gasteiger partial charge in [-0.25, -0.2) is 0 Å². The summed E-state index contributed by atoms with van der Waals surface area (Å²) >= 11 is 0.